The van der Waals surface area contributed by atoms with Gasteiger partial charge >= 0.3 is 0 Å². The molecular weight excluding hydrogens is 268 g/mol. The molecule has 0 aliphatic heterocycles. The van der Waals surface area contributed by atoms with E-state index in [0.717, 1.165) is 5.75 Å². The highest BCUT2D eigenvalue weighted by atomic mass is 16.6. The number of rotatable bonds is 6. The lowest BCUT2D eigenvalue weighted by atomic mass is 9.85. The highest BCUT2D eigenvalue weighted by Crippen LogP contribution is 2.35. The van der Waals surface area contributed by atoms with E-state index in [4.69, 9.17) is 14.2 Å². The summed E-state index contributed by atoms with van der Waals surface area (Å²) in [6.07, 6.45) is -0.210. The molecule has 21 heavy (non-hydrogen) atoms. The van der Waals surface area contributed by atoms with Crippen LogP contribution in [-0.2, 0) is 14.9 Å². The maximum atomic E-state index is 9.84. The molecule has 1 fully saturated rings. The van der Waals surface area contributed by atoms with E-state index in [0.29, 0.717) is 19.6 Å². The van der Waals surface area contributed by atoms with Gasteiger partial charge in [-0.25, -0.2) is 0 Å². The summed E-state index contributed by atoms with van der Waals surface area (Å²) in [7, 11) is 1.63. The lowest BCUT2D eigenvalue weighted by Crippen LogP contribution is -2.55. The Balaban J connectivity index is 2.02. The molecule has 0 heterocycles. The SMILES string of the molecule is COCCOC1C(O)CC1Oc1ccccc1C(C)(C)C. The zero-order valence-corrected chi connectivity index (χ0v) is 13.3. The summed E-state index contributed by atoms with van der Waals surface area (Å²) in [4.78, 5) is 0. The standard InChI is InChI=1S/C17H26O4/c1-17(2,3)12-7-5-6-8-14(12)21-15-11-13(18)16(15)20-10-9-19-4/h5-8,13,15-16,18H,9-11H2,1-4H3. The summed E-state index contributed by atoms with van der Waals surface area (Å²) in [6.45, 7) is 7.49. The normalized spacial score (nSPS) is 25.5. The van der Waals surface area contributed by atoms with E-state index in [2.05, 4.69) is 26.8 Å². The number of ether oxygens (including phenoxy) is 3. The fraction of sp³-hybridized carbons (Fsp3) is 0.647. The van der Waals surface area contributed by atoms with Gasteiger partial charge in [-0.2, -0.15) is 0 Å². The molecule has 1 aliphatic rings. The van der Waals surface area contributed by atoms with E-state index in [-0.39, 0.29) is 17.6 Å². The summed E-state index contributed by atoms with van der Waals surface area (Å²) in [5, 5.41) is 9.84. The second-order valence-corrected chi connectivity index (χ2v) is 6.53. The van der Waals surface area contributed by atoms with Crippen molar-refractivity contribution in [2.24, 2.45) is 0 Å². The zero-order valence-electron chi connectivity index (χ0n) is 13.3. The molecule has 4 heteroatoms. The Morgan fingerprint density at radius 2 is 1.90 bits per heavy atom. The van der Waals surface area contributed by atoms with Gasteiger partial charge in [-0.3, -0.25) is 0 Å². The molecule has 0 spiro atoms. The second kappa shape index (κ2) is 6.77. The maximum absolute atomic E-state index is 9.84. The van der Waals surface area contributed by atoms with Gasteiger partial charge in [0.05, 0.1) is 19.3 Å². The first-order valence-electron chi connectivity index (χ1n) is 7.48. The molecule has 2 rings (SSSR count). The van der Waals surface area contributed by atoms with Crippen LogP contribution in [0.3, 0.4) is 0 Å². The highest BCUT2D eigenvalue weighted by Gasteiger charge is 2.43. The van der Waals surface area contributed by atoms with E-state index in [9.17, 15) is 5.11 Å². The van der Waals surface area contributed by atoms with Crippen molar-refractivity contribution in [2.45, 2.75) is 50.9 Å². The number of aliphatic hydroxyl groups excluding tert-OH is 1. The van der Waals surface area contributed by atoms with E-state index < -0.39 is 6.10 Å². The van der Waals surface area contributed by atoms with Gasteiger partial charge in [0.1, 0.15) is 18.0 Å². The van der Waals surface area contributed by atoms with Crippen molar-refractivity contribution in [1.29, 1.82) is 0 Å². The summed E-state index contributed by atoms with van der Waals surface area (Å²) in [6, 6.07) is 8.07. The molecule has 0 saturated heterocycles. The molecule has 118 valence electrons. The van der Waals surface area contributed by atoms with Crippen molar-refractivity contribution < 1.29 is 19.3 Å². The Morgan fingerprint density at radius 3 is 2.52 bits per heavy atom. The smallest absolute Gasteiger partial charge is 0.130 e. The molecular formula is C17H26O4. The quantitative estimate of drug-likeness (QED) is 0.819. The molecule has 1 N–H and O–H groups in total. The predicted octanol–water partition coefficient (Wildman–Crippen LogP) is 2.53. The first-order chi connectivity index (χ1) is 9.93. The van der Waals surface area contributed by atoms with Gasteiger partial charge in [0.2, 0.25) is 0 Å². The van der Waals surface area contributed by atoms with E-state index in [1.54, 1.807) is 7.11 Å². The summed E-state index contributed by atoms with van der Waals surface area (Å²) in [5.74, 6) is 0.877. The third kappa shape index (κ3) is 3.96. The van der Waals surface area contributed by atoms with Crippen molar-refractivity contribution in [2.75, 3.05) is 20.3 Å². The van der Waals surface area contributed by atoms with Crippen molar-refractivity contribution in [3.8, 4) is 5.75 Å². The summed E-state index contributed by atoms with van der Waals surface area (Å²) >= 11 is 0. The van der Waals surface area contributed by atoms with Crippen LogP contribution in [0.4, 0.5) is 0 Å². The van der Waals surface area contributed by atoms with Crippen molar-refractivity contribution in [3.05, 3.63) is 29.8 Å². The minimum Gasteiger partial charge on any atom is -0.487 e. The minimum absolute atomic E-state index is 0.0192. The number of aliphatic hydroxyl groups is 1. The monoisotopic (exact) mass is 294 g/mol. The molecule has 3 unspecified atom stereocenters. The van der Waals surface area contributed by atoms with Crippen molar-refractivity contribution in [1.82, 2.24) is 0 Å². The predicted molar refractivity (Wildman–Crippen MR) is 81.8 cm³/mol. The number of hydrogen-bond donors (Lipinski definition) is 1. The fourth-order valence-corrected chi connectivity index (χ4v) is 2.51. The van der Waals surface area contributed by atoms with Crippen LogP contribution < -0.4 is 4.74 Å². The molecule has 1 aromatic rings. The maximum Gasteiger partial charge on any atom is 0.130 e. The summed E-state index contributed by atoms with van der Waals surface area (Å²) in [5.41, 5.74) is 1.19. The third-order valence-corrected chi connectivity index (χ3v) is 3.79. The Hall–Kier alpha value is -1.10. The van der Waals surface area contributed by atoms with Gasteiger partial charge in [0, 0.05) is 13.5 Å². The fourth-order valence-electron chi connectivity index (χ4n) is 2.51. The molecule has 3 atom stereocenters. The average molecular weight is 294 g/mol. The van der Waals surface area contributed by atoms with Gasteiger partial charge < -0.3 is 19.3 Å². The largest absolute Gasteiger partial charge is 0.487 e. The number of methoxy groups -OCH3 is 1. The van der Waals surface area contributed by atoms with Gasteiger partial charge in [0.25, 0.3) is 0 Å². The first kappa shape index (κ1) is 16.3. The van der Waals surface area contributed by atoms with Crippen LogP contribution in [0.25, 0.3) is 0 Å². The molecule has 0 amide bonds. The van der Waals surface area contributed by atoms with Crippen LogP contribution in [0.15, 0.2) is 24.3 Å². The van der Waals surface area contributed by atoms with E-state index in [1.165, 1.54) is 5.56 Å². The van der Waals surface area contributed by atoms with Crippen molar-refractivity contribution >= 4 is 0 Å². The van der Waals surface area contributed by atoms with Gasteiger partial charge in [0.15, 0.2) is 0 Å². The molecule has 1 aliphatic carbocycles. The van der Waals surface area contributed by atoms with Gasteiger partial charge in [-0.1, -0.05) is 39.0 Å². The van der Waals surface area contributed by atoms with Gasteiger partial charge in [-0.05, 0) is 17.0 Å². The molecule has 0 bridgehead atoms. The Morgan fingerprint density at radius 1 is 1.19 bits per heavy atom. The average Bonchev–Trinajstić information content (AvgIpc) is 2.42. The highest BCUT2D eigenvalue weighted by molar-refractivity contribution is 5.38. The third-order valence-electron chi connectivity index (χ3n) is 3.79. The van der Waals surface area contributed by atoms with E-state index in [1.807, 2.05) is 18.2 Å². The van der Waals surface area contributed by atoms with Crippen LogP contribution in [0, 0.1) is 0 Å². The number of benzene rings is 1. The van der Waals surface area contributed by atoms with Crippen LogP contribution in [0.5, 0.6) is 5.75 Å². The topological polar surface area (TPSA) is 47.9 Å². The molecule has 1 saturated carbocycles. The first-order valence-corrected chi connectivity index (χ1v) is 7.48. The summed E-state index contributed by atoms with van der Waals surface area (Å²) < 4.78 is 16.7. The molecule has 4 nitrogen and oxygen atoms in total. The molecule has 1 aromatic carbocycles. The Labute approximate surface area is 127 Å². The lowest BCUT2D eigenvalue weighted by Gasteiger charge is -2.41. The molecule has 0 aromatic heterocycles. The van der Waals surface area contributed by atoms with Gasteiger partial charge in [-0.15, -0.1) is 0 Å². The number of para-hydroxylation sites is 1. The lowest BCUT2D eigenvalue weighted by molar-refractivity contribution is -0.167. The van der Waals surface area contributed by atoms with Crippen LogP contribution >= 0.6 is 0 Å². The van der Waals surface area contributed by atoms with Crippen molar-refractivity contribution in [3.63, 3.8) is 0 Å². The Kier molecular flexibility index (Phi) is 5.25. The zero-order chi connectivity index (χ0) is 15.5. The van der Waals surface area contributed by atoms with Crippen LogP contribution in [0.1, 0.15) is 32.8 Å². The van der Waals surface area contributed by atoms with Crippen LogP contribution in [-0.4, -0.2) is 43.7 Å². The molecule has 0 radical (unpaired) electrons. The van der Waals surface area contributed by atoms with Crippen LogP contribution in [0.2, 0.25) is 0 Å². The second-order valence-electron chi connectivity index (χ2n) is 6.53. The van der Waals surface area contributed by atoms with E-state index >= 15 is 0 Å². The Bertz CT molecular complexity index is 452. The minimum atomic E-state index is -0.450. The number of hydrogen-bond acceptors (Lipinski definition) is 4.